The van der Waals surface area contributed by atoms with Crippen molar-refractivity contribution in [2.45, 2.75) is 18.2 Å². The summed E-state index contributed by atoms with van der Waals surface area (Å²) in [6, 6.07) is 21.4. The van der Waals surface area contributed by atoms with E-state index in [4.69, 9.17) is 33.0 Å². The van der Waals surface area contributed by atoms with Gasteiger partial charge in [-0.2, -0.15) is 0 Å². The van der Waals surface area contributed by atoms with Crippen LogP contribution in [0.15, 0.2) is 77.7 Å². The highest BCUT2D eigenvalue weighted by Crippen LogP contribution is 2.30. The summed E-state index contributed by atoms with van der Waals surface area (Å²) in [5, 5.41) is 10.2. The number of benzene rings is 3. The maximum atomic E-state index is 10.8. The van der Waals surface area contributed by atoms with Crippen LogP contribution in [-0.4, -0.2) is 23.4 Å². The Morgan fingerprint density at radius 2 is 1.55 bits per heavy atom. The number of aryl methyl sites for hydroxylation is 1. The van der Waals surface area contributed by atoms with Gasteiger partial charge in [0.1, 0.15) is 5.75 Å². The van der Waals surface area contributed by atoms with E-state index >= 15 is 0 Å². The number of hydrogen-bond donors (Lipinski definition) is 1. The van der Waals surface area contributed by atoms with Crippen LogP contribution in [0.4, 0.5) is 0 Å². The summed E-state index contributed by atoms with van der Waals surface area (Å²) in [4.78, 5) is 11.9. The fraction of sp³-hybridized carbons (Fsp3) is 0.160. The largest absolute Gasteiger partial charge is 0.482 e. The highest BCUT2D eigenvalue weighted by Gasteiger charge is 2.08. The highest BCUT2D eigenvalue weighted by molar-refractivity contribution is 7.99. The number of thioether (sulfide) groups is 1. The molecule has 0 aliphatic rings. The number of hydrogen-bond acceptors (Lipinski definition) is 3. The molecule has 0 aromatic heterocycles. The van der Waals surface area contributed by atoms with Crippen LogP contribution < -0.4 is 4.74 Å². The van der Waals surface area contributed by atoms with Gasteiger partial charge in [0.05, 0.1) is 0 Å². The topological polar surface area (TPSA) is 46.5 Å². The SMILES string of the molecule is CCc1cc(SCC=C(c2ccc(Cl)cc2)c2ccc(Cl)cc2)ccc1OCC(=O)O. The predicted octanol–water partition coefficient (Wildman–Crippen LogP) is 7.24. The molecule has 0 saturated heterocycles. The van der Waals surface area contributed by atoms with E-state index in [2.05, 4.69) is 12.1 Å². The van der Waals surface area contributed by atoms with Crippen LogP contribution in [0, 0.1) is 0 Å². The minimum Gasteiger partial charge on any atom is -0.482 e. The normalized spacial score (nSPS) is 10.5. The zero-order valence-electron chi connectivity index (χ0n) is 17.0. The van der Waals surface area contributed by atoms with E-state index in [0.29, 0.717) is 15.8 Å². The second-order valence-electron chi connectivity index (χ2n) is 6.75. The first-order valence-electron chi connectivity index (χ1n) is 9.78. The van der Waals surface area contributed by atoms with Crippen molar-refractivity contribution >= 4 is 46.5 Å². The van der Waals surface area contributed by atoms with Crippen LogP contribution in [0.2, 0.25) is 10.0 Å². The lowest BCUT2D eigenvalue weighted by Gasteiger charge is -2.11. The molecular formula is C25H22Cl2O3S. The molecule has 3 nitrogen and oxygen atoms in total. The van der Waals surface area contributed by atoms with Crippen molar-refractivity contribution in [2.75, 3.05) is 12.4 Å². The number of ether oxygens (including phenoxy) is 1. The summed E-state index contributed by atoms with van der Waals surface area (Å²) < 4.78 is 5.38. The van der Waals surface area contributed by atoms with Crippen molar-refractivity contribution in [3.63, 3.8) is 0 Å². The summed E-state index contributed by atoms with van der Waals surface area (Å²) >= 11 is 13.8. The van der Waals surface area contributed by atoms with Gasteiger partial charge in [0.15, 0.2) is 6.61 Å². The molecule has 0 aliphatic heterocycles. The van der Waals surface area contributed by atoms with Crippen LogP contribution in [0.3, 0.4) is 0 Å². The summed E-state index contributed by atoms with van der Waals surface area (Å²) in [5.41, 5.74) is 4.27. The van der Waals surface area contributed by atoms with Gasteiger partial charge >= 0.3 is 5.97 Å². The second-order valence-corrected chi connectivity index (χ2v) is 8.71. The third-order valence-corrected chi connectivity index (χ3v) is 6.04. The van der Waals surface area contributed by atoms with E-state index in [-0.39, 0.29) is 6.61 Å². The molecule has 0 amide bonds. The molecule has 160 valence electrons. The minimum absolute atomic E-state index is 0.340. The van der Waals surface area contributed by atoms with E-state index in [0.717, 1.165) is 39.3 Å². The Balaban J connectivity index is 1.80. The Kier molecular flexibility index (Phi) is 8.47. The fourth-order valence-electron chi connectivity index (χ4n) is 3.08. The number of carbonyl (C=O) groups is 1. The lowest BCUT2D eigenvalue weighted by molar-refractivity contribution is -0.139. The molecule has 0 radical (unpaired) electrons. The first kappa shape index (κ1) is 23.3. The Morgan fingerprint density at radius 1 is 0.968 bits per heavy atom. The molecule has 0 heterocycles. The van der Waals surface area contributed by atoms with Crippen molar-refractivity contribution in [1.82, 2.24) is 0 Å². The summed E-state index contributed by atoms with van der Waals surface area (Å²) in [7, 11) is 0. The standard InChI is InChI=1S/C25H22Cl2O3S/c1-2-17-15-22(11-12-24(17)30-16-25(28)29)31-14-13-23(18-3-7-20(26)8-4-18)19-5-9-21(27)10-6-19/h3-13,15H,2,14,16H2,1H3,(H,28,29). The van der Waals surface area contributed by atoms with Crippen molar-refractivity contribution < 1.29 is 14.6 Å². The van der Waals surface area contributed by atoms with Gasteiger partial charge in [0.2, 0.25) is 0 Å². The Labute approximate surface area is 196 Å². The van der Waals surface area contributed by atoms with Gasteiger partial charge < -0.3 is 9.84 Å². The Morgan fingerprint density at radius 3 is 2.06 bits per heavy atom. The van der Waals surface area contributed by atoms with Gasteiger partial charge in [0, 0.05) is 20.7 Å². The first-order chi connectivity index (χ1) is 15.0. The van der Waals surface area contributed by atoms with E-state index < -0.39 is 5.97 Å². The lowest BCUT2D eigenvalue weighted by atomic mass is 9.98. The van der Waals surface area contributed by atoms with Crippen LogP contribution in [0.1, 0.15) is 23.6 Å². The molecule has 0 unspecified atom stereocenters. The van der Waals surface area contributed by atoms with Crippen LogP contribution in [0.25, 0.3) is 5.57 Å². The molecule has 0 atom stereocenters. The molecule has 3 aromatic carbocycles. The summed E-state index contributed by atoms with van der Waals surface area (Å²) in [6.45, 7) is 1.68. The number of carboxylic acids is 1. The molecule has 1 N–H and O–H groups in total. The number of aliphatic carboxylic acids is 1. The van der Waals surface area contributed by atoms with Crippen molar-refractivity contribution in [2.24, 2.45) is 0 Å². The van der Waals surface area contributed by atoms with Crippen LogP contribution >= 0.6 is 35.0 Å². The zero-order valence-corrected chi connectivity index (χ0v) is 19.3. The van der Waals surface area contributed by atoms with E-state index in [1.54, 1.807) is 11.8 Å². The zero-order chi connectivity index (χ0) is 22.2. The highest BCUT2D eigenvalue weighted by atomic mass is 35.5. The smallest absolute Gasteiger partial charge is 0.341 e. The number of rotatable bonds is 9. The summed E-state index contributed by atoms with van der Waals surface area (Å²) in [6.07, 6.45) is 2.96. The molecule has 0 spiro atoms. The average Bonchev–Trinajstić information content (AvgIpc) is 2.77. The summed E-state index contributed by atoms with van der Waals surface area (Å²) in [5.74, 6) is 0.398. The van der Waals surface area contributed by atoms with Gasteiger partial charge in [-0.3, -0.25) is 0 Å². The third-order valence-electron chi connectivity index (χ3n) is 4.61. The minimum atomic E-state index is -0.984. The average molecular weight is 473 g/mol. The molecular weight excluding hydrogens is 451 g/mol. The lowest BCUT2D eigenvalue weighted by Crippen LogP contribution is -2.10. The van der Waals surface area contributed by atoms with Crippen LogP contribution in [0.5, 0.6) is 5.75 Å². The Bertz CT molecular complexity index is 1010. The van der Waals surface area contributed by atoms with Crippen molar-refractivity contribution in [1.29, 1.82) is 0 Å². The van der Waals surface area contributed by atoms with Gasteiger partial charge in [-0.25, -0.2) is 4.79 Å². The quantitative estimate of drug-likeness (QED) is 0.333. The van der Waals surface area contributed by atoms with Crippen molar-refractivity contribution in [3.05, 3.63) is 99.5 Å². The molecule has 0 bridgehead atoms. The number of halogens is 2. The fourth-order valence-corrected chi connectivity index (χ4v) is 4.17. The van der Waals surface area contributed by atoms with Gasteiger partial charge in [0.25, 0.3) is 0 Å². The first-order valence-corrected chi connectivity index (χ1v) is 11.5. The molecule has 6 heteroatoms. The Hall–Kier alpha value is -2.40. The maximum absolute atomic E-state index is 10.8. The molecule has 31 heavy (non-hydrogen) atoms. The third kappa shape index (κ3) is 6.79. The molecule has 0 saturated carbocycles. The molecule has 0 fully saturated rings. The van der Waals surface area contributed by atoms with Gasteiger partial charge in [-0.1, -0.05) is 60.5 Å². The molecule has 3 aromatic rings. The molecule has 0 aliphatic carbocycles. The molecule has 3 rings (SSSR count). The predicted molar refractivity (Wildman–Crippen MR) is 130 cm³/mol. The second kappa shape index (κ2) is 11.3. The van der Waals surface area contributed by atoms with E-state index in [9.17, 15) is 4.79 Å². The van der Waals surface area contributed by atoms with Crippen molar-refractivity contribution in [3.8, 4) is 5.75 Å². The van der Waals surface area contributed by atoms with Gasteiger partial charge in [-0.15, -0.1) is 11.8 Å². The van der Waals surface area contributed by atoms with Gasteiger partial charge in [-0.05, 0) is 71.1 Å². The van der Waals surface area contributed by atoms with E-state index in [1.165, 1.54) is 0 Å². The maximum Gasteiger partial charge on any atom is 0.341 e. The van der Waals surface area contributed by atoms with Crippen LogP contribution in [-0.2, 0) is 11.2 Å². The van der Waals surface area contributed by atoms with E-state index in [1.807, 2.05) is 67.6 Å². The monoisotopic (exact) mass is 472 g/mol. The number of carboxylic acid groups (broad SMARTS) is 1.